The van der Waals surface area contributed by atoms with Crippen molar-refractivity contribution in [1.82, 2.24) is 0 Å². The Morgan fingerprint density at radius 2 is 2.00 bits per heavy atom. The van der Waals surface area contributed by atoms with Crippen LogP contribution in [0.15, 0.2) is 18.2 Å². The Morgan fingerprint density at radius 1 is 1.33 bits per heavy atom. The minimum Gasteiger partial charge on any atom is -0.396 e. The molecule has 0 heterocycles. The normalized spacial score (nSPS) is 11.3. The number of amides is 1. The first-order chi connectivity index (χ1) is 8.31. The van der Waals surface area contributed by atoms with Gasteiger partial charge in [0.05, 0.1) is 16.9 Å². The number of hydrogen-bond donors (Lipinski definition) is 3. The molecule has 0 saturated heterocycles. The molecule has 0 radical (unpaired) electrons. The van der Waals surface area contributed by atoms with Crippen LogP contribution >= 0.6 is 0 Å². The number of rotatable bonds is 5. The van der Waals surface area contributed by atoms with E-state index in [2.05, 4.69) is 5.32 Å². The van der Waals surface area contributed by atoms with E-state index >= 15 is 0 Å². The van der Waals surface area contributed by atoms with E-state index in [-0.39, 0.29) is 24.2 Å². The highest BCUT2D eigenvalue weighted by Gasteiger charge is 2.25. The lowest BCUT2D eigenvalue weighted by Gasteiger charge is -2.12. The summed E-state index contributed by atoms with van der Waals surface area (Å²) in [5, 5.41) is 2.75. The van der Waals surface area contributed by atoms with E-state index in [1.165, 1.54) is 6.07 Å². The molecule has 18 heavy (non-hydrogen) atoms. The van der Waals surface area contributed by atoms with Crippen molar-refractivity contribution >= 4 is 17.3 Å². The maximum Gasteiger partial charge on any atom is 0.389 e. The molecular formula is C11H14F3N3O. The van der Waals surface area contributed by atoms with Crippen molar-refractivity contribution in [3.05, 3.63) is 23.8 Å². The maximum absolute atomic E-state index is 11.9. The molecule has 0 aromatic heterocycles. The molecule has 0 saturated carbocycles. The van der Waals surface area contributed by atoms with Gasteiger partial charge >= 0.3 is 6.18 Å². The van der Waals surface area contributed by atoms with Gasteiger partial charge in [-0.3, -0.25) is 4.79 Å². The van der Waals surface area contributed by atoms with E-state index in [4.69, 9.17) is 11.5 Å². The molecule has 0 bridgehead atoms. The Balaban J connectivity index is 2.58. The van der Waals surface area contributed by atoms with Gasteiger partial charge in [-0.1, -0.05) is 6.07 Å². The Kier molecular flexibility index (Phi) is 4.41. The van der Waals surface area contributed by atoms with Gasteiger partial charge in [0.25, 0.3) is 5.91 Å². The van der Waals surface area contributed by atoms with E-state index in [1.807, 2.05) is 0 Å². The second kappa shape index (κ2) is 5.61. The number of benzene rings is 1. The topological polar surface area (TPSA) is 81.1 Å². The molecule has 1 amide bonds. The Hall–Kier alpha value is -1.92. The van der Waals surface area contributed by atoms with Gasteiger partial charge in [-0.2, -0.15) is 13.2 Å². The number of anilines is 2. The smallest absolute Gasteiger partial charge is 0.389 e. The number of primary amides is 1. The third-order valence-electron chi connectivity index (χ3n) is 2.32. The van der Waals surface area contributed by atoms with Gasteiger partial charge in [-0.05, 0) is 18.6 Å². The molecule has 5 N–H and O–H groups in total. The number of carbonyl (C=O) groups is 1. The average Bonchev–Trinajstić information content (AvgIpc) is 2.24. The Morgan fingerprint density at radius 3 is 2.56 bits per heavy atom. The van der Waals surface area contributed by atoms with Crippen molar-refractivity contribution in [2.75, 3.05) is 17.6 Å². The van der Waals surface area contributed by atoms with Gasteiger partial charge in [-0.15, -0.1) is 0 Å². The zero-order valence-electron chi connectivity index (χ0n) is 9.55. The lowest BCUT2D eigenvalue weighted by atomic mass is 10.1. The number of halogens is 3. The summed E-state index contributed by atoms with van der Waals surface area (Å²) < 4.78 is 35.8. The number of carbonyl (C=O) groups excluding carboxylic acids is 1. The third kappa shape index (κ3) is 4.15. The van der Waals surface area contributed by atoms with Crippen LogP contribution in [-0.4, -0.2) is 18.6 Å². The maximum atomic E-state index is 11.9. The van der Waals surface area contributed by atoms with E-state index in [0.29, 0.717) is 5.69 Å². The second-order valence-corrected chi connectivity index (χ2v) is 3.78. The summed E-state index contributed by atoms with van der Waals surface area (Å²) in [6, 6.07) is 4.59. The molecule has 0 aliphatic rings. The number of alkyl halides is 3. The van der Waals surface area contributed by atoms with Gasteiger partial charge in [-0.25, -0.2) is 0 Å². The zero-order chi connectivity index (χ0) is 13.8. The number of hydrogen-bond acceptors (Lipinski definition) is 3. The summed E-state index contributed by atoms with van der Waals surface area (Å²) in [5.74, 6) is -0.675. The molecule has 0 aliphatic heterocycles. The third-order valence-corrected chi connectivity index (χ3v) is 2.32. The zero-order valence-corrected chi connectivity index (χ0v) is 9.55. The van der Waals surface area contributed by atoms with Crippen LogP contribution in [0.1, 0.15) is 23.2 Å². The quantitative estimate of drug-likeness (QED) is 0.561. The van der Waals surface area contributed by atoms with Gasteiger partial charge < -0.3 is 16.8 Å². The van der Waals surface area contributed by atoms with E-state index in [0.717, 1.165) is 0 Å². The summed E-state index contributed by atoms with van der Waals surface area (Å²) >= 11 is 0. The molecule has 100 valence electrons. The molecule has 0 spiro atoms. The molecular weight excluding hydrogens is 247 g/mol. The van der Waals surface area contributed by atoms with Crippen LogP contribution in [0.25, 0.3) is 0 Å². The first kappa shape index (κ1) is 14.1. The summed E-state index contributed by atoms with van der Waals surface area (Å²) in [7, 11) is 0. The average molecular weight is 261 g/mol. The van der Waals surface area contributed by atoms with Crippen LogP contribution in [0.2, 0.25) is 0 Å². The van der Waals surface area contributed by atoms with Crippen molar-refractivity contribution < 1.29 is 18.0 Å². The standard InChI is InChI=1S/C11H14F3N3O/c12-11(13,14)5-2-6-17-8-4-1-3-7(9(8)15)10(16)18/h1,3-4,17H,2,5-6,15H2,(H2,16,18). The number of nitrogens with two attached hydrogens (primary N) is 2. The molecule has 0 fully saturated rings. The molecule has 4 nitrogen and oxygen atoms in total. The highest BCUT2D eigenvalue weighted by Crippen LogP contribution is 2.24. The summed E-state index contributed by atoms with van der Waals surface area (Å²) in [6.45, 7) is 0.117. The fourth-order valence-corrected chi connectivity index (χ4v) is 1.45. The predicted molar refractivity (Wildman–Crippen MR) is 63.2 cm³/mol. The first-order valence-electron chi connectivity index (χ1n) is 5.30. The molecule has 0 unspecified atom stereocenters. The molecule has 1 rings (SSSR count). The summed E-state index contributed by atoms with van der Waals surface area (Å²) in [6.07, 6.45) is -5.10. The highest BCUT2D eigenvalue weighted by atomic mass is 19.4. The highest BCUT2D eigenvalue weighted by molar-refractivity contribution is 6.00. The van der Waals surface area contributed by atoms with Crippen molar-refractivity contribution in [2.24, 2.45) is 5.73 Å². The van der Waals surface area contributed by atoms with Gasteiger partial charge in [0.15, 0.2) is 0 Å². The van der Waals surface area contributed by atoms with Crippen molar-refractivity contribution in [1.29, 1.82) is 0 Å². The lowest BCUT2D eigenvalue weighted by molar-refractivity contribution is -0.134. The van der Waals surface area contributed by atoms with E-state index < -0.39 is 18.5 Å². The van der Waals surface area contributed by atoms with Gasteiger partial charge in [0.2, 0.25) is 0 Å². The van der Waals surface area contributed by atoms with Crippen LogP contribution in [0.5, 0.6) is 0 Å². The molecule has 7 heteroatoms. The van der Waals surface area contributed by atoms with Crippen LogP contribution in [-0.2, 0) is 0 Å². The second-order valence-electron chi connectivity index (χ2n) is 3.78. The fraction of sp³-hybridized carbons (Fsp3) is 0.364. The molecule has 0 aliphatic carbocycles. The summed E-state index contributed by atoms with van der Waals surface area (Å²) in [4.78, 5) is 11.0. The number of para-hydroxylation sites is 1. The first-order valence-corrected chi connectivity index (χ1v) is 5.30. The minimum atomic E-state index is -4.16. The van der Waals surface area contributed by atoms with Gasteiger partial charge in [0.1, 0.15) is 0 Å². The SMILES string of the molecule is NC(=O)c1cccc(NCCCC(F)(F)F)c1N. The van der Waals surface area contributed by atoms with Crippen molar-refractivity contribution in [3.63, 3.8) is 0 Å². The van der Waals surface area contributed by atoms with Crippen LogP contribution in [0.3, 0.4) is 0 Å². The van der Waals surface area contributed by atoms with Crippen LogP contribution < -0.4 is 16.8 Å². The Labute approximate surface area is 102 Å². The van der Waals surface area contributed by atoms with Crippen molar-refractivity contribution in [3.8, 4) is 0 Å². The molecule has 1 aromatic carbocycles. The summed E-state index contributed by atoms with van der Waals surface area (Å²) in [5.41, 5.74) is 11.5. The largest absolute Gasteiger partial charge is 0.396 e. The Bertz CT molecular complexity index is 432. The predicted octanol–water partition coefficient (Wildman–Crippen LogP) is 2.12. The van der Waals surface area contributed by atoms with Crippen LogP contribution in [0, 0.1) is 0 Å². The lowest BCUT2D eigenvalue weighted by Crippen LogP contribution is -2.15. The molecule has 0 atom stereocenters. The number of nitrogen functional groups attached to an aromatic ring is 1. The van der Waals surface area contributed by atoms with E-state index in [1.54, 1.807) is 12.1 Å². The van der Waals surface area contributed by atoms with E-state index in [9.17, 15) is 18.0 Å². The van der Waals surface area contributed by atoms with Crippen LogP contribution in [0.4, 0.5) is 24.5 Å². The monoisotopic (exact) mass is 261 g/mol. The minimum absolute atomic E-state index is 0.0657. The molecule has 1 aromatic rings. The number of nitrogens with one attached hydrogen (secondary N) is 1. The van der Waals surface area contributed by atoms with Crippen molar-refractivity contribution in [2.45, 2.75) is 19.0 Å². The van der Waals surface area contributed by atoms with Gasteiger partial charge in [0, 0.05) is 13.0 Å². The fourth-order valence-electron chi connectivity index (χ4n) is 1.45.